The molecule has 0 aromatic carbocycles. The molecule has 3 fully saturated rings. The largest absolute Gasteiger partial charge is 0.340 e. The molecule has 3 saturated heterocycles. The molecule has 3 aliphatic rings. The Bertz CT molecular complexity index is 685. The zero-order chi connectivity index (χ0) is 18.3. The van der Waals surface area contributed by atoms with Crippen molar-refractivity contribution in [2.75, 3.05) is 13.1 Å². The second-order valence-electron chi connectivity index (χ2n) is 8.39. The topological polar surface area (TPSA) is 58.4 Å². The highest BCUT2D eigenvalue weighted by molar-refractivity contribution is 5.78. The predicted molar refractivity (Wildman–Crippen MR) is 98.3 cm³/mol. The van der Waals surface area contributed by atoms with E-state index in [9.17, 15) is 9.59 Å². The SMILES string of the molecule is CCC[C@H]1[C@H]2C[C@H](CN(C(=O)Cn3cc(C)cn3)C2)[C@@H]2CCCC(=O)N21. The quantitative estimate of drug-likeness (QED) is 0.829. The average Bonchev–Trinajstić information content (AvgIpc) is 3.03. The Morgan fingerprint density at radius 3 is 2.85 bits per heavy atom. The number of nitrogens with zero attached hydrogens (tertiary/aromatic N) is 4. The normalized spacial score (nSPS) is 31.1. The molecule has 2 amide bonds. The highest BCUT2D eigenvalue weighted by atomic mass is 16.2. The van der Waals surface area contributed by atoms with Gasteiger partial charge in [-0.15, -0.1) is 0 Å². The molecule has 0 unspecified atom stereocenters. The van der Waals surface area contributed by atoms with Gasteiger partial charge in [-0.05, 0) is 50.0 Å². The van der Waals surface area contributed by atoms with Crippen LogP contribution in [-0.2, 0) is 16.1 Å². The number of fused-ring (bicyclic) bond motifs is 4. The number of hydrogen-bond donors (Lipinski definition) is 0. The number of amides is 2. The number of likely N-dealkylation sites (tertiary alicyclic amines) is 1. The third-order valence-corrected chi connectivity index (χ3v) is 6.49. The van der Waals surface area contributed by atoms with Crippen molar-refractivity contribution >= 4 is 11.8 Å². The van der Waals surface area contributed by atoms with Crippen molar-refractivity contribution in [2.24, 2.45) is 11.8 Å². The average molecular weight is 358 g/mol. The second kappa shape index (κ2) is 7.05. The molecule has 4 atom stereocenters. The van der Waals surface area contributed by atoms with Crippen LogP contribution in [0.15, 0.2) is 12.4 Å². The molecule has 142 valence electrons. The van der Waals surface area contributed by atoms with E-state index < -0.39 is 0 Å². The van der Waals surface area contributed by atoms with Gasteiger partial charge < -0.3 is 9.80 Å². The number of piperidine rings is 3. The van der Waals surface area contributed by atoms with Gasteiger partial charge in [0.2, 0.25) is 11.8 Å². The Morgan fingerprint density at radius 2 is 2.12 bits per heavy atom. The van der Waals surface area contributed by atoms with Crippen LogP contribution in [0.5, 0.6) is 0 Å². The molecule has 0 spiro atoms. The summed E-state index contributed by atoms with van der Waals surface area (Å²) in [7, 11) is 0. The van der Waals surface area contributed by atoms with Crippen LogP contribution < -0.4 is 0 Å². The van der Waals surface area contributed by atoms with Crippen LogP contribution in [0, 0.1) is 18.8 Å². The Hall–Kier alpha value is -1.85. The van der Waals surface area contributed by atoms with Crippen LogP contribution in [0.2, 0.25) is 0 Å². The first-order valence-electron chi connectivity index (χ1n) is 10.1. The van der Waals surface area contributed by atoms with Crippen molar-refractivity contribution in [3.05, 3.63) is 18.0 Å². The lowest BCUT2D eigenvalue weighted by Crippen LogP contribution is -2.65. The lowest BCUT2D eigenvalue weighted by molar-refractivity contribution is -0.156. The van der Waals surface area contributed by atoms with E-state index in [2.05, 4.69) is 21.8 Å². The molecule has 4 heterocycles. The fourth-order valence-electron chi connectivity index (χ4n) is 5.44. The van der Waals surface area contributed by atoms with Gasteiger partial charge in [-0.2, -0.15) is 5.10 Å². The fraction of sp³-hybridized carbons (Fsp3) is 0.750. The number of carbonyl (C=O) groups is 2. The molecular weight excluding hydrogens is 328 g/mol. The maximum atomic E-state index is 12.9. The Morgan fingerprint density at radius 1 is 1.31 bits per heavy atom. The van der Waals surface area contributed by atoms with E-state index in [1.165, 1.54) is 6.42 Å². The minimum atomic E-state index is 0.161. The fourth-order valence-corrected chi connectivity index (χ4v) is 5.44. The van der Waals surface area contributed by atoms with Crippen LogP contribution >= 0.6 is 0 Å². The molecule has 1 aromatic rings. The van der Waals surface area contributed by atoms with Crippen LogP contribution in [0.3, 0.4) is 0 Å². The number of hydrogen-bond acceptors (Lipinski definition) is 3. The van der Waals surface area contributed by atoms with Gasteiger partial charge in [0.1, 0.15) is 6.54 Å². The zero-order valence-corrected chi connectivity index (χ0v) is 15.9. The predicted octanol–water partition coefficient (Wildman–Crippen LogP) is 2.22. The number of aryl methyl sites for hydroxylation is 1. The molecule has 4 rings (SSSR count). The highest BCUT2D eigenvalue weighted by Crippen LogP contribution is 2.42. The third kappa shape index (κ3) is 3.14. The van der Waals surface area contributed by atoms with Gasteiger partial charge in [-0.25, -0.2) is 0 Å². The molecule has 6 heteroatoms. The monoisotopic (exact) mass is 358 g/mol. The molecule has 6 nitrogen and oxygen atoms in total. The molecule has 0 radical (unpaired) electrons. The van der Waals surface area contributed by atoms with Crippen molar-refractivity contribution < 1.29 is 9.59 Å². The molecule has 1 aromatic heterocycles. The summed E-state index contributed by atoms with van der Waals surface area (Å²) in [6.07, 6.45) is 9.83. The summed E-state index contributed by atoms with van der Waals surface area (Å²) in [4.78, 5) is 29.8. The van der Waals surface area contributed by atoms with Crippen LogP contribution in [-0.4, -0.2) is 56.6 Å². The van der Waals surface area contributed by atoms with Gasteiger partial charge in [0.25, 0.3) is 0 Å². The Balaban J connectivity index is 1.52. The van der Waals surface area contributed by atoms with E-state index in [1.54, 1.807) is 10.9 Å². The lowest BCUT2D eigenvalue weighted by Gasteiger charge is -2.56. The molecule has 0 N–H and O–H groups in total. The van der Waals surface area contributed by atoms with Crippen LogP contribution in [0.25, 0.3) is 0 Å². The van der Waals surface area contributed by atoms with Gasteiger partial charge in [-0.3, -0.25) is 14.3 Å². The summed E-state index contributed by atoms with van der Waals surface area (Å²) in [6.45, 7) is 6.09. The number of aromatic nitrogens is 2. The minimum Gasteiger partial charge on any atom is -0.340 e. The Kier molecular flexibility index (Phi) is 4.76. The smallest absolute Gasteiger partial charge is 0.244 e. The molecular formula is C20H30N4O2. The van der Waals surface area contributed by atoms with Crippen molar-refractivity contribution in [3.63, 3.8) is 0 Å². The van der Waals surface area contributed by atoms with E-state index >= 15 is 0 Å². The first-order chi connectivity index (χ1) is 12.6. The van der Waals surface area contributed by atoms with Gasteiger partial charge in [0.05, 0.1) is 6.20 Å². The maximum absolute atomic E-state index is 12.9. The number of rotatable bonds is 4. The molecule has 0 saturated carbocycles. The van der Waals surface area contributed by atoms with Gasteiger partial charge in [0, 0.05) is 37.8 Å². The summed E-state index contributed by atoms with van der Waals surface area (Å²) < 4.78 is 1.74. The highest BCUT2D eigenvalue weighted by Gasteiger charge is 2.49. The summed E-state index contributed by atoms with van der Waals surface area (Å²) in [6, 6.07) is 0.656. The van der Waals surface area contributed by atoms with Gasteiger partial charge in [-0.1, -0.05) is 13.3 Å². The van der Waals surface area contributed by atoms with E-state index in [4.69, 9.17) is 0 Å². The third-order valence-electron chi connectivity index (χ3n) is 6.49. The minimum absolute atomic E-state index is 0.161. The molecule has 3 aliphatic heterocycles. The molecule has 26 heavy (non-hydrogen) atoms. The van der Waals surface area contributed by atoms with E-state index in [0.717, 1.165) is 44.3 Å². The molecule has 2 bridgehead atoms. The first kappa shape index (κ1) is 17.6. The zero-order valence-electron chi connectivity index (χ0n) is 15.9. The van der Waals surface area contributed by atoms with Gasteiger partial charge in [0.15, 0.2) is 0 Å². The maximum Gasteiger partial charge on any atom is 0.244 e. The Labute approximate surface area is 155 Å². The van der Waals surface area contributed by atoms with E-state index in [1.807, 2.05) is 13.1 Å². The second-order valence-corrected chi connectivity index (χ2v) is 8.39. The summed E-state index contributed by atoms with van der Waals surface area (Å²) in [5.74, 6) is 1.37. The van der Waals surface area contributed by atoms with Crippen LogP contribution in [0.4, 0.5) is 0 Å². The van der Waals surface area contributed by atoms with Gasteiger partial charge >= 0.3 is 0 Å². The van der Waals surface area contributed by atoms with Crippen molar-refractivity contribution in [1.82, 2.24) is 19.6 Å². The lowest BCUT2D eigenvalue weighted by atomic mass is 9.71. The standard InChI is InChI=1S/C20H30N4O2/c1-3-5-17-15-8-16(18-6-4-7-19(25)24(17)18)12-22(11-15)20(26)13-23-10-14(2)9-21-23/h9-10,15-18H,3-8,11-13H2,1-2H3/t15-,16+,17-,18-/m0/s1. The first-order valence-corrected chi connectivity index (χ1v) is 10.1. The molecule has 0 aliphatic carbocycles. The summed E-state index contributed by atoms with van der Waals surface area (Å²) >= 11 is 0. The van der Waals surface area contributed by atoms with Crippen molar-refractivity contribution in [2.45, 2.75) is 71.0 Å². The number of carbonyl (C=O) groups excluding carboxylic acids is 2. The van der Waals surface area contributed by atoms with E-state index in [0.29, 0.717) is 42.8 Å². The summed E-state index contributed by atoms with van der Waals surface area (Å²) in [5, 5.41) is 4.26. The van der Waals surface area contributed by atoms with E-state index in [-0.39, 0.29) is 5.91 Å². The van der Waals surface area contributed by atoms with Crippen molar-refractivity contribution in [3.8, 4) is 0 Å². The van der Waals surface area contributed by atoms with Crippen molar-refractivity contribution in [1.29, 1.82) is 0 Å². The van der Waals surface area contributed by atoms with Crippen LogP contribution in [0.1, 0.15) is 51.0 Å². The summed E-state index contributed by atoms with van der Waals surface area (Å²) in [5.41, 5.74) is 1.08.